The molecule has 0 radical (unpaired) electrons. The van der Waals surface area contributed by atoms with Crippen molar-refractivity contribution in [3.63, 3.8) is 0 Å². The van der Waals surface area contributed by atoms with Crippen molar-refractivity contribution in [3.05, 3.63) is 83.8 Å². The smallest absolute Gasteiger partial charge is 0.241 e. The van der Waals surface area contributed by atoms with Gasteiger partial charge in [-0.1, -0.05) is 30.3 Å². The van der Waals surface area contributed by atoms with Crippen molar-refractivity contribution in [2.75, 3.05) is 7.11 Å². The molecule has 3 rings (SSSR count). The van der Waals surface area contributed by atoms with E-state index in [0.29, 0.717) is 17.1 Å². The van der Waals surface area contributed by atoms with Crippen LogP contribution in [0.25, 0.3) is 0 Å². The largest absolute Gasteiger partial charge is 0.496 e. The van der Waals surface area contributed by atoms with Gasteiger partial charge in [0.05, 0.1) is 24.8 Å². The summed E-state index contributed by atoms with van der Waals surface area (Å²) in [5.41, 5.74) is 1.52. The van der Waals surface area contributed by atoms with E-state index in [1.54, 1.807) is 25.1 Å². The van der Waals surface area contributed by atoms with Gasteiger partial charge in [0, 0.05) is 0 Å². The summed E-state index contributed by atoms with van der Waals surface area (Å²) in [6, 6.07) is 16.3. The van der Waals surface area contributed by atoms with Gasteiger partial charge in [-0.15, -0.1) is 0 Å². The fourth-order valence-electron chi connectivity index (χ4n) is 3.02. The number of carbonyl (C=O) groups excluding carboxylic acids is 1. The van der Waals surface area contributed by atoms with Crippen molar-refractivity contribution in [1.29, 1.82) is 0 Å². The molecule has 2 N–H and O–H groups in total. The molecule has 0 spiro atoms. The predicted molar refractivity (Wildman–Crippen MR) is 113 cm³/mol. The first-order chi connectivity index (χ1) is 14.4. The van der Waals surface area contributed by atoms with Gasteiger partial charge in [-0.25, -0.2) is 8.42 Å². The van der Waals surface area contributed by atoms with Crippen molar-refractivity contribution in [3.8, 4) is 5.75 Å². The van der Waals surface area contributed by atoms with Crippen LogP contribution < -0.4 is 14.8 Å². The SMILES string of the molecule is COc1ccc(S(=O)(=O)N[C@H](Cc2ccccc2)C(=O)NCc2ccco2)cc1C. The van der Waals surface area contributed by atoms with Crippen LogP contribution in [-0.2, 0) is 27.8 Å². The van der Waals surface area contributed by atoms with Gasteiger partial charge in [0.1, 0.15) is 17.6 Å². The Balaban J connectivity index is 1.81. The van der Waals surface area contributed by atoms with E-state index in [-0.39, 0.29) is 17.9 Å². The predicted octanol–water partition coefficient (Wildman–Crippen LogP) is 2.80. The Bertz CT molecular complexity index is 1080. The lowest BCUT2D eigenvalue weighted by Crippen LogP contribution is -2.47. The Morgan fingerprint density at radius 1 is 1.10 bits per heavy atom. The topological polar surface area (TPSA) is 97.6 Å². The molecule has 0 bridgehead atoms. The number of benzene rings is 2. The number of hydrogen-bond acceptors (Lipinski definition) is 5. The van der Waals surface area contributed by atoms with E-state index in [0.717, 1.165) is 5.56 Å². The number of amides is 1. The van der Waals surface area contributed by atoms with E-state index in [1.165, 1.54) is 25.5 Å². The Hall–Kier alpha value is -3.10. The van der Waals surface area contributed by atoms with Crippen molar-refractivity contribution >= 4 is 15.9 Å². The first-order valence-electron chi connectivity index (χ1n) is 9.40. The molecule has 0 aliphatic heterocycles. The second kappa shape index (κ2) is 9.60. The maximum Gasteiger partial charge on any atom is 0.241 e. The molecule has 1 atom stereocenters. The summed E-state index contributed by atoms with van der Waals surface area (Å²) in [6.45, 7) is 1.93. The Morgan fingerprint density at radius 2 is 1.87 bits per heavy atom. The lowest BCUT2D eigenvalue weighted by atomic mass is 10.1. The summed E-state index contributed by atoms with van der Waals surface area (Å²) < 4.78 is 38.9. The third-order valence-electron chi connectivity index (χ3n) is 4.59. The van der Waals surface area contributed by atoms with Gasteiger partial charge in [-0.05, 0) is 54.8 Å². The molecule has 8 heteroatoms. The number of ether oxygens (including phenoxy) is 1. The molecule has 3 aromatic rings. The summed E-state index contributed by atoms with van der Waals surface area (Å²) in [5.74, 6) is 0.727. The molecule has 2 aromatic carbocycles. The fraction of sp³-hybridized carbons (Fsp3) is 0.227. The lowest BCUT2D eigenvalue weighted by molar-refractivity contribution is -0.122. The van der Waals surface area contributed by atoms with Crippen LogP contribution in [0.2, 0.25) is 0 Å². The zero-order valence-corrected chi connectivity index (χ0v) is 17.6. The van der Waals surface area contributed by atoms with Crippen LogP contribution in [-0.4, -0.2) is 27.5 Å². The Labute approximate surface area is 176 Å². The van der Waals surface area contributed by atoms with Gasteiger partial charge < -0.3 is 14.5 Å². The van der Waals surface area contributed by atoms with E-state index >= 15 is 0 Å². The number of sulfonamides is 1. The molecule has 1 aromatic heterocycles. The second-order valence-corrected chi connectivity index (χ2v) is 8.51. The molecule has 0 unspecified atom stereocenters. The normalized spacial score (nSPS) is 12.3. The standard InChI is InChI=1S/C22H24N2O5S/c1-16-13-19(10-11-21(16)28-2)30(26,27)24-20(14-17-7-4-3-5-8-17)22(25)23-15-18-9-6-12-29-18/h3-13,20,24H,14-15H2,1-2H3,(H,23,25)/t20-/m1/s1. The molecule has 1 heterocycles. The summed E-state index contributed by atoms with van der Waals surface area (Å²) >= 11 is 0. The molecule has 30 heavy (non-hydrogen) atoms. The zero-order chi connectivity index (χ0) is 21.6. The molecule has 0 fully saturated rings. The van der Waals surface area contributed by atoms with Crippen LogP contribution in [0.4, 0.5) is 0 Å². The van der Waals surface area contributed by atoms with Gasteiger partial charge in [0.15, 0.2) is 0 Å². The number of nitrogens with one attached hydrogen (secondary N) is 2. The van der Waals surface area contributed by atoms with Crippen LogP contribution in [0.15, 0.2) is 76.2 Å². The van der Waals surface area contributed by atoms with Crippen molar-refractivity contribution in [1.82, 2.24) is 10.0 Å². The van der Waals surface area contributed by atoms with Crippen LogP contribution >= 0.6 is 0 Å². The summed E-state index contributed by atoms with van der Waals surface area (Å²) in [5, 5.41) is 2.73. The molecule has 0 aliphatic rings. The van der Waals surface area contributed by atoms with Crippen molar-refractivity contribution in [2.45, 2.75) is 30.8 Å². The number of carbonyl (C=O) groups is 1. The lowest BCUT2D eigenvalue weighted by Gasteiger charge is -2.19. The molecule has 0 saturated heterocycles. The summed E-state index contributed by atoms with van der Waals surface area (Å²) in [4.78, 5) is 12.9. The van der Waals surface area contributed by atoms with Gasteiger partial charge >= 0.3 is 0 Å². The number of furan rings is 1. The van der Waals surface area contributed by atoms with E-state index in [1.807, 2.05) is 30.3 Å². The number of hydrogen-bond donors (Lipinski definition) is 2. The highest BCUT2D eigenvalue weighted by Crippen LogP contribution is 2.21. The van der Waals surface area contributed by atoms with Gasteiger partial charge in [0.2, 0.25) is 15.9 Å². The molecular weight excluding hydrogens is 404 g/mol. The van der Waals surface area contributed by atoms with Crippen molar-refractivity contribution < 1.29 is 22.4 Å². The first kappa shape index (κ1) is 21.6. The summed E-state index contributed by atoms with van der Waals surface area (Å²) in [6.07, 6.45) is 1.72. The minimum atomic E-state index is -3.93. The van der Waals surface area contributed by atoms with Gasteiger partial charge in [-0.3, -0.25) is 4.79 Å². The van der Waals surface area contributed by atoms with E-state index < -0.39 is 22.0 Å². The number of aryl methyl sites for hydroxylation is 1. The third kappa shape index (κ3) is 5.49. The average Bonchev–Trinajstić information content (AvgIpc) is 3.26. The highest BCUT2D eigenvalue weighted by Gasteiger charge is 2.26. The average molecular weight is 429 g/mol. The van der Waals surface area contributed by atoms with E-state index in [4.69, 9.17) is 9.15 Å². The van der Waals surface area contributed by atoms with Crippen LogP contribution in [0.3, 0.4) is 0 Å². The molecule has 7 nitrogen and oxygen atoms in total. The second-order valence-electron chi connectivity index (χ2n) is 6.79. The monoisotopic (exact) mass is 428 g/mol. The van der Waals surface area contributed by atoms with Crippen LogP contribution in [0.1, 0.15) is 16.9 Å². The number of rotatable bonds is 9. The molecular formula is C22H24N2O5S. The third-order valence-corrected chi connectivity index (χ3v) is 6.06. The molecule has 0 saturated carbocycles. The maximum absolute atomic E-state index is 13.0. The molecule has 0 aliphatic carbocycles. The molecule has 1 amide bonds. The Kier molecular flexibility index (Phi) is 6.91. The summed E-state index contributed by atoms with van der Waals surface area (Å²) in [7, 11) is -2.41. The minimum absolute atomic E-state index is 0.0673. The van der Waals surface area contributed by atoms with Crippen LogP contribution in [0, 0.1) is 6.92 Å². The highest BCUT2D eigenvalue weighted by atomic mass is 32.2. The Morgan fingerprint density at radius 3 is 2.50 bits per heavy atom. The van der Waals surface area contributed by atoms with E-state index in [9.17, 15) is 13.2 Å². The fourth-order valence-corrected chi connectivity index (χ4v) is 4.30. The quantitative estimate of drug-likeness (QED) is 0.546. The van der Waals surface area contributed by atoms with Gasteiger partial charge in [0.25, 0.3) is 0 Å². The minimum Gasteiger partial charge on any atom is -0.496 e. The number of methoxy groups -OCH3 is 1. The first-order valence-corrected chi connectivity index (χ1v) is 10.9. The highest BCUT2D eigenvalue weighted by molar-refractivity contribution is 7.89. The molecule has 158 valence electrons. The van der Waals surface area contributed by atoms with Crippen molar-refractivity contribution in [2.24, 2.45) is 0 Å². The van der Waals surface area contributed by atoms with Gasteiger partial charge in [-0.2, -0.15) is 4.72 Å². The maximum atomic E-state index is 13.0. The zero-order valence-electron chi connectivity index (χ0n) is 16.8. The van der Waals surface area contributed by atoms with E-state index in [2.05, 4.69) is 10.0 Å². The van der Waals surface area contributed by atoms with Crippen LogP contribution in [0.5, 0.6) is 5.75 Å².